The molecule has 0 aromatic rings. The number of likely N-dealkylation sites (N-methyl/N-ethyl adjacent to an activating group) is 1. The molecule has 15 heavy (non-hydrogen) atoms. The summed E-state index contributed by atoms with van der Waals surface area (Å²) in [5.41, 5.74) is 1.62. The van der Waals surface area contributed by atoms with Gasteiger partial charge in [-0.1, -0.05) is 11.6 Å². The zero-order valence-electron chi connectivity index (χ0n) is 10.4. The molecule has 0 amide bonds. The lowest BCUT2D eigenvalue weighted by Crippen LogP contribution is -2.32. The maximum atomic E-state index is 5.65. The van der Waals surface area contributed by atoms with E-state index in [2.05, 4.69) is 25.2 Å². The second kappa shape index (κ2) is 7.02. The number of ether oxygens (including phenoxy) is 1. The first-order chi connectivity index (χ1) is 7.22. The molecule has 0 aliphatic heterocycles. The molecule has 0 bridgehead atoms. The van der Waals surface area contributed by atoms with E-state index in [0.29, 0.717) is 12.1 Å². The Kier molecular flexibility index (Phi) is 5.96. The highest BCUT2D eigenvalue weighted by molar-refractivity contribution is 5.06. The minimum Gasteiger partial charge on any atom is -0.377 e. The third-order valence-corrected chi connectivity index (χ3v) is 2.93. The Bertz CT molecular complexity index is 199. The number of rotatable bonds is 6. The fourth-order valence-electron chi connectivity index (χ4n) is 1.96. The molecule has 0 radical (unpaired) electrons. The molecule has 0 heterocycles. The molecule has 0 spiro atoms. The van der Waals surface area contributed by atoms with Gasteiger partial charge in [-0.2, -0.15) is 0 Å². The zero-order chi connectivity index (χ0) is 11.1. The van der Waals surface area contributed by atoms with E-state index in [1.54, 1.807) is 5.57 Å². The smallest absolute Gasteiger partial charge is 0.0626 e. The van der Waals surface area contributed by atoms with Gasteiger partial charge in [0.15, 0.2) is 0 Å². The summed E-state index contributed by atoms with van der Waals surface area (Å²) in [7, 11) is 2.03. The van der Waals surface area contributed by atoms with Crippen LogP contribution in [0.1, 0.15) is 46.0 Å². The van der Waals surface area contributed by atoms with Crippen molar-refractivity contribution in [1.82, 2.24) is 5.32 Å². The van der Waals surface area contributed by atoms with Crippen LogP contribution in [0, 0.1) is 0 Å². The van der Waals surface area contributed by atoms with Gasteiger partial charge in [-0.3, -0.25) is 0 Å². The first-order valence-electron chi connectivity index (χ1n) is 6.19. The summed E-state index contributed by atoms with van der Waals surface area (Å²) < 4.78 is 5.65. The Morgan fingerprint density at radius 2 is 2.20 bits per heavy atom. The van der Waals surface area contributed by atoms with Crippen molar-refractivity contribution >= 4 is 0 Å². The topological polar surface area (TPSA) is 21.3 Å². The van der Waals surface area contributed by atoms with Crippen LogP contribution >= 0.6 is 0 Å². The van der Waals surface area contributed by atoms with E-state index < -0.39 is 0 Å². The predicted octanol–water partition coefficient (Wildman–Crippen LogP) is 2.89. The summed E-state index contributed by atoms with van der Waals surface area (Å²) in [5, 5.41) is 3.34. The van der Waals surface area contributed by atoms with Crippen molar-refractivity contribution in [1.29, 1.82) is 0 Å². The van der Waals surface area contributed by atoms with E-state index in [9.17, 15) is 0 Å². The SMILES string of the molecule is CNC(COC(C)C)CC1=CCCCC1. The van der Waals surface area contributed by atoms with Crippen LogP contribution < -0.4 is 5.32 Å². The van der Waals surface area contributed by atoms with Gasteiger partial charge in [0.1, 0.15) is 0 Å². The van der Waals surface area contributed by atoms with Crippen LogP contribution in [0.2, 0.25) is 0 Å². The lowest BCUT2D eigenvalue weighted by molar-refractivity contribution is 0.0625. The summed E-state index contributed by atoms with van der Waals surface area (Å²) in [6.45, 7) is 5.00. The van der Waals surface area contributed by atoms with Crippen LogP contribution in [0.25, 0.3) is 0 Å². The first kappa shape index (κ1) is 12.7. The second-order valence-electron chi connectivity index (χ2n) is 4.68. The molecule has 1 atom stereocenters. The number of hydrogen-bond acceptors (Lipinski definition) is 2. The van der Waals surface area contributed by atoms with Crippen LogP contribution in [0.15, 0.2) is 11.6 Å². The Morgan fingerprint density at radius 1 is 1.40 bits per heavy atom. The van der Waals surface area contributed by atoms with Gasteiger partial charge < -0.3 is 10.1 Å². The molecular weight excluding hydrogens is 186 g/mol. The van der Waals surface area contributed by atoms with Gasteiger partial charge in [-0.15, -0.1) is 0 Å². The van der Waals surface area contributed by atoms with Gasteiger partial charge in [0.25, 0.3) is 0 Å². The Morgan fingerprint density at radius 3 is 2.73 bits per heavy atom. The minimum atomic E-state index is 0.334. The first-order valence-corrected chi connectivity index (χ1v) is 6.19. The molecule has 0 saturated heterocycles. The van der Waals surface area contributed by atoms with Gasteiger partial charge in [-0.25, -0.2) is 0 Å². The molecule has 1 aliphatic carbocycles. The third-order valence-electron chi connectivity index (χ3n) is 2.93. The van der Waals surface area contributed by atoms with E-state index >= 15 is 0 Å². The van der Waals surface area contributed by atoms with Crippen molar-refractivity contribution in [3.8, 4) is 0 Å². The standard InChI is InChI=1S/C13H25NO/c1-11(2)15-10-13(14-3)9-12-7-5-4-6-8-12/h7,11,13-14H,4-6,8-10H2,1-3H3. The highest BCUT2D eigenvalue weighted by Crippen LogP contribution is 2.21. The predicted molar refractivity (Wildman–Crippen MR) is 65.1 cm³/mol. The van der Waals surface area contributed by atoms with Crippen molar-refractivity contribution < 1.29 is 4.74 Å². The maximum absolute atomic E-state index is 5.65. The summed E-state index contributed by atoms with van der Waals surface area (Å²) in [6.07, 6.45) is 9.22. The van der Waals surface area contributed by atoms with E-state index in [0.717, 1.165) is 13.0 Å². The Balaban J connectivity index is 2.28. The van der Waals surface area contributed by atoms with Crippen LogP contribution in [-0.4, -0.2) is 25.8 Å². The number of allylic oxidation sites excluding steroid dienone is 1. The summed E-state index contributed by atoms with van der Waals surface area (Å²) >= 11 is 0. The molecule has 0 aromatic carbocycles. The molecule has 88 valence electrons. The summed E-state index contributed by atoms with van der Waals surface area (Å²) in [5.74, 6) is 0. The molecule has 1 rings (SSSR count). The quantitative estimate of drug-likeness (QED) is 0.682. The van der Waals surface area contributed by atoms with Crippen LogP contribution in [0.3, 0.4) is 0 Å². The van der Waals surface area contributed by atoms with E-state index in [4.69, 9.17) is 4.74 Å². The van der Waals surface area contributed by atoms with Crippen molar-refractivity contribution in [2.24, 2.45) is 0 Å². The maximum Gasteiger partial charge on any atom is 0.0626 e. The van der Waals surface area contributed by atoms with Crippen molar-refractivity contribution in [2.75, 3.05) is 13.7 Å². The van der Waals surface area contributed by atoms with E-state index in [-0.39, 0.29) is 0 Å². The lowest BCUT2D eigenvalue weighted by atomic mass is 9.94. The van der Waals surface area contributed by atoms with Crippen LogP contribution in [0.4, 0.5) is 0 Å². The van der Waals surface area contributed by atoms with Crippen LogP contribution in [0.5, 0.6) is 0 Å². The van der Waals surface area contributed by atoms with Crippen molar-refractivity contribution in [3.63, 3.8) is 0 Å². The molecule has 2 heteroatoms. The van der Waals surface area contributed by atoms with Gasteiger partial charge in [0, 0.05) is 6.04 Å². The van der Waals surface area contributed by atoms with Crippen LogP contribution in [-0.2, 0) is 4.74 Å². The zero-order valence-corrected chi connectivity index (χ0v) is 10.4. The fourth-order valence-corrected chi connectivity index (χ4v) is 1.96. The molecule has 1 N–H and O–H groups in total. The van der Waals surface area contributed by atoms with Crippen molar-refractivity contribution in [3.05, 3.63) is 11.6 Å². The highest BCUT2D eigenvalue weighted by atomic mass is 16.5. The molecule has 1 aliphatic rings. The second-order valence-corrected chi connectivity index (χ2v) is 4.68. The Hall–Kier alpha value is -0.340. The summed E-state index contributed by atoms with van der Waals surface area (Å²) in [4.78, 5) is 0. The van der Waals surface area contributed by atoms with E-state index in [1.165, 1.54) is 25.7 Å². The molecule has 0 fully saturated rings. The largest absolute Gasteiger partial charge is 0.377 e. The monoisotopic (exact) mass is 211 g/mol. The van der Waals surface area contributed by atoms with Gasteiger partial charge in [-0.05, 0) is 53.0 Å². The highest BCUT2D eigenvalue weighted by Gasteiger charge is 2.11. The molecule has 2 nitrogen and oxygen atoms in total. The average Bonchev–Trinajstić information content (AvgIpc) is 2.25. The van der Waals surface area contributed by atoms with Gasteiger partial charge in [0.05, 0.1) is 12.7 Å². The van der Waals surface area contributed by atoms with E-state index in [1.807, 2.05) is 7.05 Å². The minimum absolute atomic E-state index is 0.334. The normalized spacial score (nSPS) is 19.1. The molecule has 0 aromatic heterocycles. The molecular formula is C13H25NO. The third kappa shape index (κ3) is 5.33. The van der Waals surface area contributed by atoms with Crippen molar-refractivity contribution in [2.45, 2.75) is 58.1 Å². The average molecular weight is 211 g/mol. The fraction of sp³-hybridized carbons (Fsp3) is 0.846. The lowest BCUT2D eigenvalue weighted by Gasteiger charge is -2.21. The Labute approximate surface area is 94.1 Å². The van der Waals surface area contributed by atoms with Gasteiger partial charge >= 0.3 is 0 Å². The number of hydrogen-bond donors (Lipinski definition) is 1. The molecule has 1 unspecified atom stereocenters. The molecule has 0 saturated carbocycles. The van der Waals surface area contributed by atoms with Gasteiger partial charge in [0.2, 0.25) is 0 Å². The summed E-state index contributed by atoms with van der Waals surface area (Å²) in [6, 6.07) is 0.483. The number of nitrogens with one attached hydrogen (secondary N) is 1.